The van der Waals surface area contributed by atoms with Crippen molar-refractivity contribution in [1.82, 2.24) is 10.6 Å². The molecule has 4 nitrogen and oxygen atoms in total. The molecule has 0 aromatic rings. The van der Waals surface area contributed by atoms with E-state index in [4.69, 9.17) is 4.74 Å². The van der Waals surface area contributed by atoms with Crippen molar-refractivity contribution >= 4 is 5.91 Å². The van der Waals surface area contributed by atoms with Gasteiger partial charge in [0.15, 0.2) is 0 Å². The number of ether oxygens (including phenoxy) is 1. The second-order valence-electron chi connectivity index (χ2n) is 4.61. The highest BCUT2D eigenvalue weighted by Crippen LogP contribution is 2.34. The van der Waals surface area contributed by atoms with E-state index in [9.17, 15) is 4.79 Å². The van der Waals surface area contributed by atoms with Gasteiger partial charge in [0.1, 0.15) is 0 Å². The van der Waals surface area contributed by atoms with E-state index >= 15 is 0 Å². The predicted octanol–water partition coefficient (Wildman–Crippen LogP) is 0.424. The molecule has 2 fully saturated rings. The lowest BCUT2D eigenvalue weighted by Crippen LogP contribution is -2.52. The molecule has 0 aromatic heterocycles. The van der Waals surface area contributed by atoms with Crippen LogP contribution in [0.15, 0.2) is 0 Å². The van der Waals surface area contributed by atoms with Crippen molar-refractivity contribution in [2.24, 2.45) is 0 Å². The summed E-state index contributed by atoms with van der Waals surface area (Å²) in [5.74, 6) is 0.135. The SMILES string of the molecule is COC1(CNC(=O)[C@H]2CCCN2)CCC1. The van der Waals surface area contributed by atoms with Crippen LogP contribution in [0.1, 0.15) is 32.1 Å². The lowest BCUT2D eigenvalue weighted by molar-refractivity contribution is -0.126. The minimum absolute atomic E-state index is 0.0268. The molecule has 1 saturated carbocycles. The standard InChI is InChI=1S/C11H20N2O2/c1-15-11(5-3-6-11)8-13-10(14)9-4-2-7-12-9/h9,12H,2-8H2,1H3,(H,13,14)/t9-/m1/s1. The lowest BCUT2D eigenvalue weighted by atomic mass is 9.80. The molecule has 1 saturated heterocycles. The number of methoxy groups -OCH3 is 1. The maximum atomic E-state index is 11.7. The van der Waals surface area contributed by atoms with Crippen molar-refractivity contribution in [3.05, 3.63) is 0 Å². The van der Waals surface area contributed by atoms with Gasteiger partial charge in [-0.2, -0.15) is 0 Å². The minimum atomic E-state index is -0.0612. The van der Waals surface area contributed by atoms with E-state index in [1.54, 1.807) is 7.11 Å². The van der Waals surface area contributed by atoms with Gasteiger partial charge in [0.25, 0.3) is 0 Å². The Hall–Kier alpha value is -0.610. The van der Waals surface area contributed by atoms with Gasteiger partial charge in [0.05, 0.1) is 11.6 Å². The van der Waals surface area contributed by atoms with Crippen LogP contribution in [0.3, 0.4) is 0 Å². The highest BCUT2D eigenvalue weighted by molar-refractivity contribution is 5.82. The Morgan fingerprint density at radius 3 is 2.80 bits per heavy atom. The molecular weight excluding hydrogens is 192 g/mol. The molecule has 1 aliphatic carbocycles. The van der Waals surface area contributed by atoms with Crippen molar-refractivity contribution in [2.75, 3.05) is 20.2 Å². The van der Waals surface area contributed by atoms with Gasteiger partial charge in [-0.25, -0.2) is 0 Å². The molecule has 2 N–H and O–H groups in total. The molecule has 0 radical (unpaired) electrons. The van der Waals surface area contributed by atoms with Crippen LogP contribution < -0.4 is 10.6 Å². The van der Waals surface area contributed by atoms with Crippen molar-refractivity contribution < 1.29 is 9.53 Å². The Morgan fingerprint density at radius 2 is 2.33 bits per heavy atom. The molecule has 4 heteroatoms. The van der Waals surface area contributed by atoms with Crippen LogP contribution in [-0.4, -0.2) is 37.7 Å². The predicted molar refractivity (Wildman–Crippen MR) is 57.6 cm³/mol. The van der Waals surface area contributed by atoms with Gasteiger partial charge < -0.3 is 15.4 Å². The minimum Gasteiger partial charge on any atom is -0.376 e. The van der Waals surface area contributed by atoms with Crippen LogP contribution in [-0.2, 0) is 9.53 Å². The van der Waals surface area contributed by atoms with Crippen LogP contribution in [0.2, 0.25) is 0 Å². The van der Waals surface area contributed by atoms with Crippen LogP contribution >= 0.6 is 0 Å². The molecule has 1 atom stereocenters. The summed E-state index contributed by atoms with van der Waals surface area (Å²) >= 11 is 0. The maximum Gasteiger partial charge on any atom is 0.237 e. The number of carbonyl (C=O) groups excluding carboxylic acids is 1. The molecule has 15 heavy (non-hydrogen) atoms. The first-order chi connectivity index (χ1) is 7.26. The first-order valence-electron chi connectivity index (χ1n) is 5.82. The van der Waals surface area contributed by atoms with E-state index in [0.29, 0.717) is 6.54 Å². The second kappa shape index (κ2) is 4.49. The van der Waals surface area contributed by atoms with Gasteiger partial charge in [0, 0.05) is 13.7 Å². The normalized spacial score (nSPS) is 28.5. The van der Waals surface area contributed by atoms with E-state index in [0.717, 1.165) is 32.2 Å². The molecule has 1 aliphatic heterocycles. The van der Waals surface area contributed by atoms with Crippen molar-refractivity contribution in [3.63, 3.8) is 0 Å². The van der Waals surface area contributed by atoms with E-state index in [1.807, 2.05) is 0 Å². The smallest absolute Gasteiger partial charge is 0.237 e. The third kappa shape index (κ3) is 2.32. The summed E-state index contributed by atoms with van der Waals surface area (Å²) < 4.78 is 5.45. The third-order valence-corrected chi connectivity index (χ3v) is 3.66. The van der Waals surface area contributed by atoms with Crippen molar-refractivity contribution in [2.45, 2.75) is 43.7 Å². The molecule has 86 valence electrons. The second-order valence-corrected chi connectivity index (χ2v) is 4.61. The number of hydrogen-bond acceptors (Lipinski definition) is 3. The number of carbonyl (C=O) groups is 1. The molecule has 0 spiro atoms. The average Bonchev–Trinajstić information content (AvgIpc) is 2.69. The summed E-state index contributed by atoms with van der Waals surface area (Å²) in [6.45, 7) is 1.63. The van der Waals surface area contributed by atoms with Gasteiger partial charge in [-0.05, 0) is 38.6 Å². The average molecular weight is 212 g/mol. The largest absolute Gasteiger partial charge is 0.376 e. The summed E-state index contributed by atoms with van der Waals surface area (Å²) in [5, 5.41) is 6.19. The van der Waals surface area contributed by atoms with Gasteiger partial charge >= 0.3 is 0 Å². The lowest BCUT2D eigenvalue weighted by Gasteiger charge is -2.40. The van der Waals surface area contributed by atoms with E-state index < -0.39 is 0 Å². The Morgan fingerprint density at radius 1 is 1.53 bits per heavy atom. The Labute approximate surface area is 90.8 Å². The fourth-order valence-electron chi connectivity index (χ4n) is 2.30. The topological polar surface area (TPSA) is 50.4 Å². The number of rotatable bonds is 4. The first kappa shape index (κ1) is 10.9. The van der Waals surface area contributed by atoms with Crippen LogP contribution in [0.5, 0.6) is 0 Å². The molecule has 0 aromatic carbocycles. The van der Waals surface area contributed by atoms with E-state index in [2.05, 4.69) is 10.6 Å². The van der Waals surface area contributed by atoms with E-state index in [1.165, 1.54) is 6.42 Å². The van der Waals surface area contributed by atoms with E-state index in [-0.39, 0.29) is 17.6 Å². The molecule has 0 bridgehead atoms. The molecular formula is C11H20N2O2. The van der Waals surface area contributed by atoms with Gasteiger partial charge in [0.2, 0.25) is 5.91 Å². The monoisotopic (exact) mass is 212 g/mol. The molecule has 1 amide bonds. The van der Waals surface area contributed by atoms with Gasteiger partial charge in [-0.3, -0.25) is 4.79 Å². The number of amides is 1. The van der Waals surface area contributed by atoms with Crippen LogP contribution in [0.25, 0.3) is 0 Å². The maximum absolute atomic E-state index is 11.7. The van der Waals surface area contributed by atoms with Crippen molar-refractivity contribution in [1.29, 1.82) is 0 Å². The Balaban J connectivity index is 1.74. The highest BCUT2D eigenvalue weighted by Gasteiger charge is 2.37. The summed E-state index contributed by atoms with van der Waals surface area (Å²) in [6, 6.07) is 0.0268. The fourth-order valence-corrected chi connectivity index (χ4v) is 2.30. The molecule has 0 unspecified atom stereocenters. The van der Waals surface area contributed by atoms with Crippen LogP contribution in [0, 0.1) is 0 Å². The quantitative estimate of drug-likeness (QED) is 0.710. The van der Waals surface area contributed by atoms with Gasteiger partial charge in [-0.15, -0.1) is 0 Å². The zero-order chi connectivity index (χ0) is 10.7. The van der Waals surface area contributed by atoms with Crippen LogP contribution in [0.4, 0.5) is 0 Å². The Bertz CT molecular complexity index is 227. The summed E-state index contributed by atoms with van der Waals surface area (Å²) in [4.78, 5) is 11.7. The molecule has 2 aliphatic rings. The molecule has 1 heterocycles. The first-order valence-corrected chi connectivity index (χ1v) is 5.82. The summed E-state index contributed by atoms with van der Waals surface area (Å²) in [5.41, 5.74) is -0.0612. The third-order valence-electron chi connectivity index (χ3n) is 3.66. The number of hydrogen-bond donors (Lipinski definition) is 2. The number of nitrogens with one attached hydrogen (secondary N) is 2. The Kier molecular flexibility index (Phi) is 3.26. The zero-order valence-electron chi connectivity index (χ0n) is 9.34. The van der Waals surface area contributed by atoms with Gasteiger partial charge in [-0.1, -0.05) is 0 Å². The molecule has 2 rings (SSSR count). The zero-order valence-corrected chi connectivity index (χ0v) is 9.34. The van der Waals surface area contributed by atoms with Crippen molar-refractivity contribution in [3.8, 4) is 0 Å². The highest BCUT2D eigenvalue weighted by atomic mass is 16.5. The summed E-state index contributed by atoms with van der Waals surface area (Å²) in [7, 11) is 1.74. The summed E-state index contributed by atoms with van der Waals surface area (Å²) in [6.07, 6.45) is 5.43. The fraction of sp³-hybridized carbons (Fsp3) is 0.909.